The molecule has 1 saturated heterocycles. The number of halogens is 1. The van der Waals surface area contributed by atoms with Crippen molar-refractivity contribution >= 4 is 17.4 Å². The number of hydrogen-bond donors (Lipinski definition) is 0. The first-order valence-electron chi connectivity index (χ1n) is 6.87. The second kappa shape index (κ2) is 6.31. The highest BCUT2D eigenvalue weighted by molar-refractivity contribution is 7.09. The molecule has 0 atom stereocenters. The van der Waals surface area contributed by atoms with Crippen LogP contribution in [0.15, 0.2) is 23.6 Å². The Hall–Kier alpha value is -2.15. The van der Waals surface area contributed by atoms with Gasteiger partial charge < -0.3 is 14.4 Å². The number of rotatable bonds is 5. The van der Waals surface area contributed by atoms with E-state index in [2.05, 4.69) is 4.98 Å². The lowest BCUT2D eigenvalue weighted by Crippen LogP contribution is -2.26. The fraction of sp³-hybridized carbons (Fsp3) is 0.333. The standard InChI is InChI=1S/C15H15FN2O3S/c1-20-13-3-2-10(16)8-11(13)12-9-22-14(17-12)4-5-18-6-7-21-15(18)19/h2-3,8-9H,4-7H2,1H3. The van der Waals surface area contributed by atoms with E-state index in [9.17, 15) is 9.18 Å². The fourth-order valence-electron chi connectivity index (χ4n) is 2.29. The molecule has 0 spiro atoms. The molecule has 5 nitrogen and oxygen atoms in total. The molecule has 0 saturated carbocycles. The molecule has 116 valence electrons. The average molecular weight is 322 g/mol. The second-order valence-corrected chi connectivity index (χ2v) is 5.77. The zero-order chi connectivity index (χ0) is 15.5. The van der Waals surface area contributed by atoms with Crippen molar-refractivity contribution in [2.75, 3.05) is 26.8 Å². The summed E-state index contributed by atoms with van der Waals surface area (Å²) in [7, 11) is 1.54. The Kier molecular flexibility index (Phi) is 4.24. The molecular formula is C15H15FN2O3S. The molecule has 1 aliphatic heterocycles. The Morgan fingerprint density at radius 3 is 3.09 bits per heavy atom. The molecule has 1 amide bonds. The highest BCUT2D eigenvalue weighted by atomic mass is 32.1. The van der Waals surface area contributed by atoms with Crippen LogP contribution in [-0.4, -0.2) is 42.8 Å². The van der Waals surface area contributed by atoms with Crippen LogP contribution in [0.4, 0.5) is 9.18 Å². The Bertz CT molecular complexity index is 689. The first-order valence-corrected chi connectivity index (χ1v) is 7.75. The smallest absolute Gasteiger partial charge is 0.409 e. The summed E-state index contributed by atoms with van der Waals surface area (Å²) in [6.07, 6.45) is 0.376. The Balaban J connectivity index is 1.73. The van der Waals surface area contributed by atoms with Crippen molar-refractivity contribution < 1.29 is 18.7 Å². The number of aromatic nitrogens is 1. The third-order valence-corrected chi connectivity index (χ3v) is 4.34. The lowest BCUT2D eigenvalue weighted by Gasteiger charge is -2.10. The van der Waals surface area contributed by atoms with Crippen LogP contribution in [0, 0.1) is 5.82 Å². The lowest BCUT2D eigenvalue weighted by atomic mass is 10.1. The minimum absolute atomic E-state index is 0.274. The molecule has 0 bridgehead atoms. The SMILES string of the molecule is COc1ccc(F)cc1-c1csc(CCN2CCOC2=O)n1. The number of ether oxygens (including phenoxy) is 2. The van der Waals surface area contributed by atoms with Crippen molar-refractivity contribution in [3.05, 3.63) is 34.4 Å². The van der Waals surface area contributed by atoms with Crippen LogP contribution in [0.2, 0.25) is 0 Å². The molecule has 0 unspecified atom stereocenters. The molecule has 1 aromatic carbocycles. The number of carbonyl (C=O) groups excluding carboxylic acids is 1. The Labute approximate surface area is 131 Å². The minimum atomic E-state index is -0.329. The van der Waals surface area contributed by atoms with Crippen LogP contribution in [0.3, 0.4) is 0 Å². The molecule has 1 fully saturated rings. The first-order chi connectivity index (χ1) is 10.7. The van der Waals surface area contributed by atoms with Crippen molar-refractivity contribution in [1.82, 2.24) is 9.88 Å². The van der Waals surface area contributed by atoms with E-state index in [0.29, 0.717) is 43.1 Å². The third-order valence-electron chi connectivity index (χ3n) is 3.43. The first kappa shape index (κ1) is 14.8. The molecule has 0 aliphatic carbocycles. The summed E-state index contributed by atoms with van der Waals surface area (Å²) in [6.45, 7) is 1.64. The summed E-state index contributed by atoms with van der Waals surface area (Å²) in [5.74, 6) is 0.256. The normalized spacial score (nSPS) is 14.3. The molecule has 3 rings (SSSR count). The monoisotopic (exact) mass is 322 g/mol. The summed E-state index contributed by atoms with van der Waals surface area (Å²) in [5, 5.41) is 2.76. The van der Waals surface area contributed by atoms with Crippen molar-refractivity contribution in [3.8, 4) is 17.0 Å². The van der Waals surface area contributed by atoms with Crippen molar-refractivity contribution in [1.29, 1.82) is 0 Å². The van der Waals surface area contributed by atoms with E-state index in [1.54, 1.807) is 18.1 Å². The molecular weight excluding hydrogens is 307 g/mol. The van der Waals surface area contributed by atoms with Crippen molar-refractivity contribution in [2.24, 2.45) is 0 Å². The van der Waals surface area contributed by atoms with Crippen LogP contribution in [0.25, 0.3) is 11.3 Å². The number of thiazole rings is 1. The van der Waals surface area contributed by atoms with Gasteiger partial charge in [-0.3, -0.25) is 0 Å². The van der Waals surface area contributed by atoms with Gasteiger partial charge in [-0.15, -0.1) is 11.3 Å². The number of hydrogen-bond acceptors (Lipinski definition) is 5. The van der Waals surface area contributed by atoms with E-state index >= 15 is 0 Å². The van der Waals surface area contributed by atoms with E-state index in [1.807, 2.05) is 5.38 Å². The maximum atomic E-state index is 13.4. The van der Waals surface area contributed by atoms with Gasteiger partial charge in [0.05, 0.1) is 24.4 Å². The second-order valence-electron chi connectivity index (χ2n) is 4.82. The van der Waals surface area contributed by atoms with Crippen LogP contribution in [-0.2, 0) is 11.2 Å². The summed E-state index contributed by atoms with van der Waals surface area (Å²) in [6, 6.07) is 4.36. The lowest BCUT2D eigenvalue weighted by molar-refractivity contribution is 0.159. The van der Waals surface area contributed by atoms with Gasteiger partial charge in [0, 0.05) is 23.9 Å². The molecule has 1 aliphatic rings. The molecule has 0 N–H and O–H groups in total. The zero-order valence-electron chi connectivity index (χ0n) is 12.0. The summed E-state index contributed by atoms with van der Waals surface area (Å²) >= 11 is 1.49. The molecule has 7 heteroatoms. The minimum Gasteiger partial charge on any atom is -0.496 e. The van der Waals surface area contributed by atoms with Gasteiger partial charge in [0.2, 0.25) is 0 Å². The Morgan fingerprint density at radius 1 is 1.50 bits per heavy atom. The molecule has 22 heavy (non-hydrogen) atoms. The quantitative estimate of drug-likeness (QED) is 0.849. The topological polar surface area (TPSA) is 51.7 Å². The third kappa shape index (κ3) is 3.04. The van der Waals surface area contributed by atoms with Gasteiger partial charge in [-0.1, -0.05) is 0 Å². The largest absolute Gasteiger partial charge is 0.496 e. The van der Waals surface area contributed by atoms with Crippen LogP contribution < -0.4 is 4.74 Å². The van der Waals surface area contributed by atoms with Gasteiger partial charge in [-0.05, 0) is 18.2 Å². The summed E-state index contributed by atoms with van der Waals surface area (Å²) in [4.78, 5) is 17.5. The molecule has 0 radical (unpaired) electrons. The maximum absolute atomic E-state index is 13.4. The van der Waals surface area contributed by atoms with E-state index in [-0.39, 0.29) is 11.9 Å². The average Bonchev–Trinajstić information content (AvgIpc) is 3.14. The van der Waals surface area contributed by atoms with E-state index in [1.165, 1.54) is 23.5 Å². The number of nitrogens with zero attached hydrogens (tertiary/aromatic N) is 2. The van der Waals surface area contributed by atoms with E-state index < -0.39 is 0 Å². The van der Waals surface area contributed by atoms with Gasteiger partial charge >= 0.3 is 6.09 Å². The fourth-order valence-corrected chi connectivity index (χ4v) is 3.08. The number of benzene rings is 1. The molecule has 2 aromatic rings. The van der Waals surface area contributed by atoms with Crippen LogP contribution in [0.5, 0.6) is 5.75 Å². The van der Waals surface area contributed by atoms with Crippen LogP contribution >= 0.6 is 11.3 Å². The number of cyclic esters (lactones) is 1. The number of amides is 1. The highest BCUT2D eigenvalue weighted by Crippen LogP contribution is 2.31. The van der Waals surface area contributed by atoms with Crippen molar-refractivity contribution in [3.63, 3.8) is 0 Å². The predicted octanol–water partition coefficient (Wildman–Crippen LogP) is 2.95. The highest BCUT2D eigenvalue weighted by Gasteiger charge is 2.21. The summed E-state index contributed by atoms with van der Waals surface area (Å²) < 4.78 is 23.6. The molecule has 1 aromatic heterocycles. The predicted molar refractivity (Wildman–Crippen MR) is 80.7 cm³/mol. The van der Waals surface area contributed by atoms with Gasteiger partial charge in [-0.2, -0.15) is 0 Å². The van der Waals surface area contributed by atoms with Crippen LogP contribution in [0.1, 0.15) is 5.01 Å². The van der Waals surface area contributed by atoms with Gasteiger partial charge in [0.25, 0.3) is 0 Å². The zero-order valence-corrected chi connectivity index (χ0v) is 12.9. The maximum Gasteiger partial charge on any atom is 0.409 e. The van der Waals surface area contributed by atoms with Gasteiger partial charge in [-0.25, -0.2) is 14.2 Å². The van der Waals surface area contributed by atoms with Gasteiger partial charge in [0.15, 0.2) is 0 Å². The number of carbonyl (C=O) groups is 1. The van der Waals surface area contributed by atoms with E-state index in [4.69, 9.17) is 9.47 Å². The molecule has 2 heterocycles. The van der Waals surface area contributed by atoms with Gasteiger partial charge in [0.1, 0.15) is 18.2 Å². The Morgan fingerprint density at radius 2 is 2.36 bits per heavy atom. The summed E-state index contributed by atoms with van der Waals surface area (Å²) in [5.41, 5.74) is 1.31. The number of methoxy groups -OCH3 is 1. The van der Waals surface area contributed by atoms with E-state index in [0.717, 1.165) is 5.01 Å². The van der Waals surface area contributed by atoms with Crippen molar-refractivity contribution in [2.45, 2.75) is 6.42 Å².